The van der Waals surface area contributed by atoms with Crippen molar-refractivity contribution in [3.63, 3.8) is 0 Å². The fourth-order valence-electron chi connectivity index (χ4n) is 3.01. The van der Waals surface area contributed by atoms with Crippen molar-refractivity contribution in [2.45, 2.75) is 9.43 Å². The standard InChI is InChI=1S/C22H12N4O6S3/c27-19-17(33-21(25-19)23-12-3-1-11(2-4-12)20(28)29)10-14-6-8-18(32-14)35-22-24-15-7-5-13(26(30)31)9-16(15)34-22/h1-10H,(H,28,29)(H,23,25,27)/b17-10-. The molecule has 0 saturated carbocycles. The van der Waals surface area contributed by atoms with Crippen LogP contribution in [0.2, 0.25) is 0 Å². The molecule has 1 fully saturated rings. The number of nitro benzene ring substituents is 1. The van der Waals surface area contributed by atoms with Crippen molar-refractivity contribution in [1.29, 1.82) is 0 Å². The van der Waals surface area contributed by atoms with Gasteiger partial charge in [0.2, 0.25) is 0 Å². The molecule has 1 aliphatic rings. The highest BCUT2D eigenvalue weighted by atomic mass is 32.2. The predicted octanol–water partition coefficient (Wildman–Crippen LogP) is 5.54. The Balaban J connectivity index is 1.29. The van der Waals surface area contributed by atoms with Gasteiger partial charge in [-0.15, -0.1) is 11.3 Å². The summed E-state index contributed by atoms with van der Waals surface area (Å²) in [6, 6.07) is 14.0. The number of aromatic nitrogens is 1. The zero-order valence-electron chi connectivity index (χ0n) is 17.3. The van der Waals surface area contributed by atoms with Crippen LogP contribution >= 0.6 is 34.9 Å². The summed E-state index contributed by atoms with van der Waals surface area (Å²) in [7, 11) is 0. The summed E-state index contributed by atoms with van der Waals surface area (Å²) < 4.78 is 7.18. The molecule has 0 unspecified atom stereocenters. The molecular formula is C22H12N4O6S3. The number of carbonyl (C=O) groups is 2. The molecular weight excluding hydrogens is 512 g/mol. The van der Waals surface area contributed by atoms with Gasteiger partial charge in [0.15, 0.2) is 14.6 Å². The van der Waals surface area contributed by atoms with Crippen molar-refractivity contribution in [3.05, 3.63) is 80.9 Å². The number of nitrogens with one attached hydrogen (secondary N) is 1. The molecule has 1 amide bonds. The van der Waals surface area contributed by atoms with Gasteiger partial charge >= 0.3 is 5.97 Å². The lowest BCUT2D eigenvalue weighted by Gasteiger charge is -1.97. The van der Waals surface area contributed by atoms with Gasteiger partial charge in [0.25, 0.3) is 11.6 Å². The van der Waals surface area contributed by atoms with E-state index in [4.69, 9.17) is 9.52 Å². The maximum Gasteiger partial charge on any atom is 0.335 e. The van der Waals surface area contributed by atoms with E-state index in [1.54, 1.807) is 36.4 Å². The van der Waals surface area contributed by atoms with Crippen LogP contribution in [0.25, 0.3) is 16.3 Å². The SMILES string of the molecule is O=C1NC(=Nc2ccc(C(=O)O)cc2)S/C1=C\c1ccc(Sc2nc3ccc([N+](=O)[O-])cc3s2)o1. The van der Waals surface area contributed by atoms with E-state index in [9.17, 15) is 19.7 Å². The minimum absolute atomic E-state index is 0.0112. The number of carboxylic acid groups (broad SMARTS) is 1. The number of hydrogen-bond acceptors (Lipinski definition) is 10. The van der Waals surface area contributed by atoms with Gasteiger partial charge in [0.1, 0.15) is 5.76 Å². The van der Waals surface area contributed by atoms with E-state index in [0.29, 0.717) is 41.2 Å². The number of aromatic carboxylic acids is 1. The monoisotopic (exact) mass is 524 g/mol. The number of hydrogen-bond donors (Lipinski definition) is 2. The van der Waals surface area contributed by atoms with Crippen LogP contribution in [-0.2, 0) is 4.79 Å². The molecule has 13 heteroatoms. The summed E-state index contributed by atoms with van der Waals surface area (Å²) in [6.45, 7) is 0. The van der Waals surface area contributed by atoms with E-state index in [2.05, 4.69) is 15.3 Å². The number of carboxylic acids is 1. The third-order valence-electron chi connectivity index (χ3n) is 4.62. The van der Waals surface area contributed by atoms with E-state index in [-0.39, 0.29) is 17.2 Å². The van der Waals surface area contributed by atoms with Crippen LogP contribution in [0.3, 0.4) is 0 Å². The highest BCUT2D eigenvalue weighted by molar-refractivity contribution is 8.18. The zero-order chi connectivity index (χ0) is 24.5. The van der Waals surface area contributed by atoms with Gasteiger partial charge < -0.3 is 14.8 Å². The number of nitrogens with zero attached hydrogens (tertiary/aromatic N) is 3. The summed E-state index contributed by atoms with van der Waals surface area (Å²) in [6.07, 6.45) is 1.60. The number of carbonyl (C=O) groups excluding carboxylic acids is 1. The largest absolute Gasteiger partial charge is 0.478 e. The average Bonchev–Trinajstić information content (AvgIpc) is 3.52. The summed E-state index contributed by atoms with van der Waals surface area (Å²) in [4.78, 5) is 43.0. The first-order chi connectivity index (χ1) is 16.8. The van der Waals surface area contributed by atoms with Crippen LogP contribution in [0.1, 0.15) is 16.1 Å². The molecule has 0 radical (unpaired) electrons. The van der Waals surface area contributed by atoms with Crippen molar-refractivity contribution in [1.82, 2.24) is 10.3 Å². The smallest absolute Gasteiger partial charge is 0.335 e. The first-order valence-electron chi connectivity index (χ1n) is 9.80. The Labute approximate surface area is 208 Å². The molecule has 2 aromatic carbocycles. The van der Waals surface area contributed by atoms with E-state index in [1.807, 2.05) is 0 Å². The topological polar surface area (TPSA) is 148 Å². The van der Waals surface area contributed by atoms with Gasteiger partial charge in [-0.3, -0.25) is 14.9 Å². The second kappa shape index (κ2) is 9.37. The summed E-state index contributed by atoms with van der Waals surface area (Å²) in [5.74, 6) is -0.885. The summed E-state index contributed by atoms with van der Waals surface area (Å²) >= 11 is 3.75. The molecule has 174 valence electrons. The number of fused-ring (bicyclic) bond motifs is 1. The number of furan rings is 1. The summed E-state index contributed by atoms with van der Waals surface area (Å²) in [5, 5.41) is 23.5. The lowest BCUT2D eigenvalue weighted by molar-refractivity contribution is -0.384. The van der Waals surface area contributed by atoms with Crippen molar-refractivity contribution in [3.8, 4) is 0 Å². The number of nitro groups is 1. The Morgan fingerprint density at radius 2 is 2.00 bits per heavy atom. The number of benzene rings is 2. The first kappa shape index (κ1) is 22.8. The molecule has 4 aromatic rings. The molecule has 1 saturated heterocycles. The van der Waals surface area contributed by atoms with Gasteiger partial charge in [-0.05, 0) is 66.0 Å². The van der Waals surface area contributed by atoms with Crippen LogP contribution in [-0.4, -0.2) is 32.1 Å². The van der Waals surface area contributed by atoms with E-state index < -0.39 is 10.9 Å². The van der Waals surface area contributed by atoms with Crippen molar-refractivity contribution < 1.29 is 24.0 Å². The molecule has 5 rings (SSSR count). The van der Waals surface area contributed by atoms with Gasteiger partial charge in [0.05, 0.1) is 31.3 Å². The van der Waals surface area contributed by atoms with Gasteiger partial charge in [-0.25, -0.2) is 14.8 Å². The van der Waals surface area contributed by atoms with Gasteiger partial charge in [-0.1, -0.05) is 0 Å². The van der Waals surface area contributed by atoms with Gasteiger partial charge in [0, 0.05) is 18.2 Å². The fraction of sp³-hybridized carbons (Fsp3) is 0. The molecule has 3 heterocycles. The fourth-order valence-corrected chi connectivity index (χ4v) is 5.83. The lowest BCUT2D eigenvalue weighted by Crippen LogP contribution is -2.19. The molecule has 0 bridgehead atoms. The minimum atomic E-state index is -1.03. The van der Waals surface area contributed by atoms with Crippen LogP contribution in [0.4, 0.5) is 11.4 Å². The molecule has 35 heavy (non-hydrogen) atoms. The number of rotatable bonds is 6. The van der Waals surface area contributed by atoms with Crippen LogP contribution in [0, 0.1) is 10.1 Å². The maximum absolute atomic E-state index is 12.3. The van der Waals surface area contributed by atoms with Crippen molar-refractivity contribution in [2.24, 2.45) is 4.99 Å². The van der Waals surface area contributed by atoms with E-state index in [1.165, 1.54) is 47.4 Å². The normalized spacial score (nSPS) is 15.7. The number of thiazole rings is 1. The highest BCUT2D eigenvalue weighted by Gasteiger charge is 2.24. The van der Waals surface area contributed by atoms with Crippen LogP contribution < -0.4 is 5.32 Å². The first-order valence-corrected chi connectivity index (χ1v) is 12.2. The second-order valence-corrected chi connectivity index (χ2v) is 10.3. The minimum Gasteiger partial charge on any atom is -0.478 e. The van der Waals surface area contributed by atoms with Crippen LogP contribution in [0.5, 0.6) is 0 Å². The molecule has 0 atom stereocenters. The zero-order valence-corrected chi connectivity index (χ0v) is 19.8. The Morgan fingerprint density at radius 1 is 1.20 bits per heavy atom. The quantitative estimate of drug-likeness (QED) is 0.188. The third kappa shape index (κ3) is 5.11. The summed E-state index contributed by atoms with van der Waals surface area (Å²) in [5.41, 5.74) is 1.34. The molecule has 1 aliphatic heterocycles. The molecule has 10 nitrogen and oxygen atoms in total. The van der Waals surface area contributed by atoms with Crippen molar-refractivity contribution >= 4 is 79.6 Å². The van der Waals surface area contributed by atoms with E-state index in [0.717, 1.165) is 11.8 Å². The van der Waals surface area contributed by atoms with E-state index >= 15 is 0 Å². The van der Waals surface area contributed by atoms with Gasteiger partial charge in [-0.2, -0.15) is 0 Å². The van der Waals surface area contributed by atoms with Crippen LogP contribution in [0.15, 0.2) is 78.3 Å². The Kier molecular flexibility index (Phi) is 6.11. The maximum atomic E-state index is 12.3. The average molecular weight is 525 g/mol. The number of non-ortho nitro benzene ring substituents is 1. The lowest BCUT2D eigenvalue weighted by atomic mass is 10.2. The second-order valence-electron chi connectivity index (χ2n) is 6.98. The molecule has 2 N–H and O–H groups in total. The predicted molar refractivity (Wildman–Crippen MR) is 133 cm³/mol. The highest BCUT2D eigenvalue weighted by Crippen LogP contribution is 2.37. The van der Waals surface area contributed by atoms with Crippen molar-refractivity contribution in [2.75, 3.05) is 0 Å². The molecule has 0 spiro atoms. The number of thioether (sulfide) groups is 1. The third-order valence-corrected chi connectivity index (χ3v) is 7.53. The molecule has 2 aromatic heterocycles. The Hall–Kier alpha value is -3.94. The number of amides is 1. The Bertz CT molecular complexity index is 1550. The Morgan fingerprint density at radius 3 is 2.74 bits per heavy atom. The number of amidine groups is 1. The molecule has 0 aliphatic carbocycles. The number of aliphatic imine (C=N–C) groups is 1.